The van der Waals surface area contributed by atoms with Gasteiger partial charge in [0.2, 0.25) is 0 Å². The van der Waals surface area contributed by atoms with Crippen LogP contribution in [-0.2, 0) is 17.3 Å². The summed E-state index contributed by atoms with van der Waals surface area (Å²) in [7, 11) is -1.85. The van der Waals surface area contributed by atoms with Gasteiger partial charge in [-0.1, -0.05) is 0 Å². The zero-order chi connectivity index (χ0) is 18.5. The molecule has 1 aromatic carbocycles. The van der Waals surface area contributed by atoms with Gasteiger partial charge in [0, 0.05) is 32.1 Å². The number of nitrogens with zero attached hydrogens (tertiary/aromatic N) is 5. The molecule has 3 N–H and O–H groups in total. The lowest BCUT2D eigenvalue weighted by Crippen LogP contribution is -2.48. The van der Waals surface area contributed by atoms with Gasteiger partial charge in [0.1, 0.15) is 23.2 Å². The molecule has 1 fully saturated rings. The highest BCUT2D eigenvalue weighted by Gasteiger charge is 2.29. The Morgan fingerprint density at radius 1 is 1.31 bits per heavy atom. The van der Waals surface area contributed by atoms with E-state index in [1.54, 1.807) is 10.9 Å². The van der Waals surface area contributed by atoms with Crippen molar-refractivity contribution in [2.45, 2.75) is 6.42 Å². The van der Waals surface area contributed by atoms with Crippen LogP contribution in [0.1, 0.15) is 6.42 Å². The normalized spacial score (nSPS) is 15.7. The molecule has 4 rings (SSSR count). The van der Waals surface area contributed by atoms with Gasteiger partial charge in [-0.3, -0.25) is 0 Å². The molecule has 0 saturated carbocycles. The molecule has 0 spiro atoms. The Labute approximate surface area is 149 Å². The summed E-state index contributed by atoms with van der Waals surface area (Å²) in [5.74, 6) is 0.545. The van der Waals surface area contributed by atoms with Gasteiger partial charge >= 0.3 is 0 Å². The second kappa shape index (κ2) is 6.11. The Bertz CT molecular complexity index is 1090. The third kappa shape index (κ3) is 2.97. The Balaban J connectivity index is 1.57. The van der Waals surface area contributed by atoms with Crippen LogP contribution < -0.4 is 14.8 Å². The van der Waals surface area contributed by atoms with Gasteiger partial charge in [-0.2, -0.15) is 8.42 Å². The first kappa shape index (κ1) is 17.1. The van der Waals surface area contributed by atoms with Gasteiger partial charge in [-0.15, -0.1) is 0 Å². The molecule has 1 aliphatic rings. The molecule has 138 valence electrons. The third-order valence-electron chi connectivity index (χ3n) is 4.65. The molecule has 0 atom stereocenters. The molecule has 1 aliphatic heterocycles. The SMILES string of the molecule is Cn1cnc2c(F)c3ncnc(N4CC(CCNS(N)(=O)=O)C4)c3cc21. The maximum atomic E-state index is 14.7. The van der Waals surface area contributed by atoms with Crippen LogP contribution in [-0.4, -0.2) is 47.6 Å². The van der Waals surface area contributed by atoms with Gasteiger partial charge in [-0.05, 0) is 18.4 Å². The first-order valence-corrected chi connectivity index (χ1v) is 9.64. The molecule has 0 aliphatic carbocycles. The van der Waals surface area contributed by atoms with Crippen molar-refractivity contribution in [1.29, 1.82) is 0 Å². The van der Waals surface area contributed by atoms with E-state index in [1.165, 1.54) is 6.33 Å². The minimum atomic E-state index is -3.66. The summed E-state index contributed by atoms with van der Waals surface area (Å²) < 4.78 is 40.6. The summed E-state index contributed by atoms with van der Waals surface area (Å²) in [5, 5.41) is 5.56. The van der Waals surface area contributed by atoms with Crippen LogP contribution >= 0.6 is 0 Å². The van der Waals surface area contributed by atoms with E-state index >= 15 is 0 Å². The standard InChI is InChI=1S/C15H18FN7O2S/c1-22-8-20-14-11(22)4-10-13(12(14)16)18-7-19-15(10)23-5-9(6-23)2-3-21-26(17,24)25/h4,7-9,21H,2-3,5-6H2,1H3,(H2,17,24,25). The third-order valence-corrected chi connectivity index (χ3v) is 5.26. The fraction of sp³-hybridized carbons (Fsp3) is 0.400. The van der Waals surface area contributed by atoms with Gasteiger partial charge in [0.25, 0.3) is 10.2 Å². The van der Waals surface area contributed by atoms with Crippen molar-refractivity contribution in [3.8, 4) is 0 Å². The van der Waals surface area contributed by atoms with Crippen LogP contribution in [0.3, 0.4) is 0 Å². The second-order valence-electron chi connectivity index (χ2n) is 6.51. The maximum absolute atomic E-state index is 14.7. The van der Waals surface area contributed by atoms with E-state index in [-0.39, 0.29) is 5.52 Å². The molecule has 0 bridgehead atoms. The minimum absolute atomic E-state index is 0.251. The second-order valence-corrected chi connectivity index (χ2v) is 7.88. The molecule has 2 aromatic heterocycles. The number of anilines is 1. The van der Waals surface area contributed by atoms with Crippen molar-refractivity contribution in [2.75, 3.05) is 24.5 Å². The summed E-state index contributed by atoms with van der Waals surface area (Å²) >= 11 is 0. The average molecular weight is 379 g/mol. The van der Waals surface area contributed by atoms with E-state index in [1.807, 2.05) is 18.0 Å². The number of fused-ring (bicyclic) bond motifs is 2. The molecule has 11 heteroatoms. The highest BCUT2D eigenvalue weighted by atomic mass is 32.2. The number of benzene rings is 1. The predicted octanol–water partition coefficient (Wildman–Crippen LogP) is 0.275. The Morgan fingerprint density at radius 3 is 2.81 bits per heavy atom. The zero-order valence-electron chi connectivity index (χ0n) is 14.1. The van der Waals surface area contributed by atoms with E-state index in [0.717, 1.165) is 0 Å². The number of nitrogens with one attached hydrogen (secondary N) is 1. The molecule has 1 saturated heterocycles. The van der Waals surface area contributed by atoms with E-state index < -0.39 is 16.0 Å². The Morgan fingerprint density at radius 2 is 2.08 bits per heavy atom. The van der Waals surface area contributed by atoms with Gasteiger partial charge < -0.3 is 9.47 Å². The highest BCUT2D eigenvalue weighted by molar-refractivity contribution is 7.87. The monoisotopic (exact) mass is 379 g/mol. The van der Waals surface area contributed by atoms with E-state index in [0.29, 0.717) is 54.2 Å². The summed E-state index contributed by atoms with van der Waals surface area (Å²) in [5.41, 5.74) is 1.22. The van der Waals surface area contributed by atoms with Crippen LogP contribution in [0.2, 0.25) is 0 Å². The average Bonchev–Trinajstić information content (AvgIpc) is 2.90. The number of aromatic nitrogens is 4. The van der Waals surface area contributed by atoms with E-state index in [4.69, 9.17) is 5.14 Å². The van der Waals surface area contributed by atoms with E-state index in [9.17, 15) is 12.8 Å². The maximum Gasteiger partial charge on any atom is 0.274 e. The Hall–Kier alpha value is -2.37. The molecule has 26 heavy (non-hydrogen) atoms. The van der Waals surface area contributed by atoms with Crippen molar-refractivity contribution >= 4 is 38.0 Å². The fourth-order valence-corrected chi connectivity index (χ4v) is 3.71. The molecule has 0 radical (unpaired) electrons. The number of imidazole rings is 1. The summed E-state index contributed by atoms with van der Waals surface area (Å²) in [6, 6.07) is 1.85. The van der Waals surface area contributed by atoms with Crippen LogP contribution in [0, 0.1) is 11.7 Å². The van der Waals surface area contributed by atoms with Gasteiger partial charge in [-0.25, -0.2) is 29.2 Å². The Kier molecular flexibility index (Phi) is 4.01. The van der Waals surface area contributed by atoms with Crippen LogP contribution in [0.25, 0.3) is 21.9 Å². The van der Waals surface area contributed by atoms with E-state index in [2.05, 4.69) is 19.7 Å². The number of aryl methyl sites for hydroxylation is 1. The van der Waals surface area contributed by atoms with Crippen LogP contribution in [0.15, 0.2) is 18.7 Å². The summed E-state index contributed by atoms with van der Waals surface area (Å²) in [4.78, 5) is 14.5. The van der Waals surface area contributed by atoms with Crippen molar-refractivity contribution in [2.24, 2.45) is 18.1 Å². The number of rotatable bonds is 5. The molecule has 0 unspecified atom stereocenters. The lowest BCUT2D eigenvalue weighted by atomic mass is 9.96. The van der Waals surface area contributed by atoms with Gasteiger partial charge in [0.15, 0.2) is 5.82 Å². The molecule has 0 amide bonds. The molecule has 9 nitrogen and oxygen atoms in total. The highest BCUT2D eigenvalue weighted by Crippen LogP contribution is 2.33. The summed E-state index contributed by atoms with van der Waals surface area (Å²) in [6.45, 7) is 1.72. The van der Waals surface area contributed by atoms with Crippen LogP contribution in [0.4, 0.5) is 10.2 Å². The minimum Gasteiger partial charge on any atom is -0.355 e. The lowest BCUT2D eigenvalue weighted by Gasteiger charge is -2.40. The van der Waals surface area contributed by atoms with Crippen molar-refractivity contribution in [1.82, 2.24) is 24.2 Å². The summed E-state index contributed by atoms with van der Waals surface area (Å²) in [6.07, 6.45) is 3.60. The number of hydrogen-bond acceptors (Lipinski definition) is 6. The smallest absolute Gasteiger partial charge is 0.274 e. The lowest BCUT2D eigenvalue weighted by molar-refractivity contribution is 0.382. The topological polar surface area (TPSA) is 119 Å². The molecular weight excluding hydrogens is 361 g/mol. The first-order valence-electron chi connectivity index (χ1n) is 8.10. The largest absolute Gasteiger partial charge is 0.355 e. The molecule has 3 aromatic rings. The zero-order valence-corrected chi connectivity index (χ0v) is 14.9. The van der Waals surface area contributed by atoms with Gasteiger partial charge in [0.05, 0.1) is 11.8 Å². The number of halogens is 1. The number of nitrogens with two attached hydrogens (primary N) is 1. The molecule has 3 heterocycles. The predicted molar refractivity (Wildman–Crippen MR) is 95.2 cm³/mol. The van der Waals surface area contributed by atoms with Crippen LogP contribution in [0.5, 0.6) is 0 Å². The fourth-order valence-electron chi connectivity index (χ4n) is 3.30. The first-order chi connectivity index (χ1) is 12.3. The van der Waals surface area contributed by atoms with Crippen molar-refractivity contribution in [3.05, 3.63) is 24.5 Å². The van der Waals surface area contributed by atoms with Crippen molar-refractivity contribution < 1.29 is 12.8 Å². The molecular formula is C15H18FN7O2S. The quantitative estimate of drug-likeness (QED) is 0.657. The van der Waals surface area contributed by atoms with Crippen molar-refractivity contribution in [3.63, 3.8) is 0 Å². The number of hydrogen-bond donors (Lipinski definition) is 2.